The highest BCUT2D eigenvalue weighted by atomic mass is 16.4. The van der Waals surface area contributed by atoms with Gasteiger partial charge in [-0.1, -0.05) is 32.6 Å². The van der Waals surface area contributed by atoms with Gasteiger partial charge in [0.2, 0.25) is 0 Å². The molecule has 3 nitrogen and oxygen atoms in total. The maximum atomic E-state index is 9.76. The van der Waals surface area contributed by atoms with Crippen molar-refractivity contribution in [3.8, 4) is 0 Å². The van der Waals surface area contributed by atoms with Gasteiger partial charge >= 0.3 is 0 Å². The zero-order valence-electron chi connectivity index (χ0n) is 14.9. The first-order valence-electron chi connectivity index (χ1n) is 9.68. The number of aliphatic carboxylic acids is 1. The highest BCUT2D eigenvalue weighted by Crippen LogP contribution is 2.19. The van der Waals surface area contributed by atoms with Crippen LogP contribution in [-0.4, -0.2) is 25.1 Å². The molecule has 0 bridgehead atoms. The van der Waals surface area contributed by atoms with Crippen molar-refractivity contribution in [3.05, 3.63) is 0 Å². The minimum atomic E-state index is -0.932. The van der Waals surface area contributed by atoms with Crippen LogP contribution in [0.2, 0.25) is 0 Å². The SMILES string of the molecule is CCCCCC(=O)[O-].C[NH+](C1CCCCC1)C1CCCCC1. The van der Waals surface area contributed by atoms with E-state index in [2.05, 4.69) is 7.05 Å². The van der Waals surface area contributed by atoms with Crippen LogP contribution in [0.25, 0.3) is 0 Å². The van der Waals surface area contributed by atoms with Crippen LogP contribution in [0.5, 0.6) is 0 Å². The monoisotopic (exact) mass is 311 g/mol. The van der Waals surface area contributed by atoms with E-state index in [9.17, 15) is 9.90 Å². The zero-order chi connectivity index (χ0) is 16.2. The standard InChI is InChI=1S/C13H25N.C6H12O2/c1-14(12-8-4-2-5-9-12)13-10-6-3-7-11-13;1-2-3-4-5-6(7)8/h12-13H,2-11H2,1H3;2-5H2,1H3,(H,7,8). The molecule has 0 atom stereocenters. The second-order valence-electron chi connectivity index (χ2n) is 7.24. The molecule has 2 saturated carbocycles. The van der Waals surface area contributed by atoms with Crippen LogP contribution in [0.3, 0.4) is 0 Å². The van der Waals surface area contributed by atoms with E-state index in [0.717, 1.165) is 31.3 Å². The summed E-state index contributed by atoms with van der Waals surface area (Å²) in [5, 5.41) is 9.76. The van der Waals surface area contributed by atoms with E-state index >= 15 is 0 Å². The molecular weight excluding hydrogens is 274 g/mol. The van der Waals surface area contributed by atoms with E-state index in [1.54, 1.807) is 0 Å². The molecule has 0 aromatic rings. The lowest BCUT2D eigenvalue weighted by atomic mass is 9.89. The second kappa shape index (κ2) is 11.9. The fourth-order valence-electron chi connectivity index (χ4n) is 3.97. The summed E-state index contributed by atoms with van der Waals surface area (Å²) in [4.78, 5) is 11.6. The maximum Gasteiger partial charge on any atom is 0.0874 e. The minimum Gasteiger partial charge on any atom is -0.550 e. The Labute approximate surface area is 137 Å². The first-order valence-corrected chi connectivity index (χ1v) is 9.68. The predicted molar refractivity (Wildman–Crippen MR) is 89.8 cm³/mol. The Morgan fingerprint density at radius 2 is 1.36 bits per heavy atom. The molecule has 0 unspecified atom stereocenters. The Morgan fingerprint density at radius 1 is 0.909 bits per heavy atom. The molecule has 0 aromatic heterocycles. The third kappa shape index (κ3) is 8.17. The molecule has 0 amide bonds. The van der Waals surface area contributed by atoms with E-state index in [1.165, 1.54) is 64.2 Å². The molecule has 2 aliphatic rings. The lowest BCUT2D eigenvalue weighted by Gasteiger charge is -2.36. The summed E-state index contributed by atoms with van der Waals surface area (Å²) in [5.74, 6) is -0.932. The molecule has 0 radical (unpaired) electrons. The fourth-order valence-corrected chi connectivity index (χ4v) is 3.97. The average molecular weight is 312 g/mol. The normalized spacial score (nSPS) is 20.5. The molecule has 22 heavy (non-hydrogen) atoms. The van der Waals surface area contributed by atoms with Gasteiger partial charge in [0.05, 0.1) is 19.1 Å². The fraction of sp³-hybridized carbons (Fsp3) is 0.947. The van der Waals surface area contributed by atoms with Gasteiger partial charge in [-0.2, -0.15) is 0 Å². The number of hydrogen-bond donors (Lipinski definition) is 1. The first-order chi connectivity index (χ1) is 10.6. The third-order valence-electron chi connectivity index (χ3n) is 5.48. The van der Waals surface area contributed by atoms with Crippen molar-refractivity contribution >= 4 is 5.97 Å². The van der Waals surface area contributed by atoms with Crippen molar-refractivity contribution < 1.29 is 14.8 Å². The lowest BCUT2D eigenvalue weighted by Crippen LogP contribution is -3.16. The number of quaternary nitrogens is 1. The lowest BCUT2D eigenvalue weighted by molar-refractivity contribution is -0.933. The van der Waals surface area contributed by atoms with Gasteiger partial charge in [0.15, 0.2) is 0 Å². The van der Waals surface area contributed by atoms with Crippen LogP contribution in [-0.2, 0) is 4.79 Å². The van der Waals surface area contributed by atoms with Crippen molar-refractivity contribution in [1.29, 1.82) is 0 Å². The van der Waals surface area contributed by atoms with Gasteiger partial charge in [-0.05, 0) is 64.2 Å². The summed E-state index contributed by atoms with van der Waals surface area (Å²) in [6.07, 6.45) is 18.0. The molecule has 3 heteroatoms. The van der Waals surface area contributed by atoms with E-state index in [1.807, 2.05) is 11.8 Å². The van der Waals surface area contributed by atoms with Crippen molar-refractivity contribution in [3.63, 3.8) is 0 Å². The second-order valence-corrected chi connectivity index (χ2v) is 7.24. The summed E-state index contributed by atoms with van der Waals surface area (Å²) in [6, 6.07) is 2.01. The van der Waals surface area contributed by atoms with Gasteiger partial charge in [0.25, 0.3) is 0 Å². The minimum absolute atomic E-state index is 0.216. The molecule has 130 valence electrons. The van der Waals surface area contributed by atoms with Crippen LogP contribution < -0.4 is 10.0 Å². The molecule has 1 N–H and O–H groups in total. The number of hydrogen-bond acceptors (Lipinski definition) is 2. The van der Waals surface area contributed by atoms with Gasteiger partial charge in [0.1, 0.15) is 0 Å². The number of unbranched alkanes of at least 4 members (excludes halogenated alkanes) is 2. The molecular formula is C19H37NO2. The van der Waals surface area contributed by atoms with Gasteiger partial charge in [-0.3, -0.25) is 0 Å². The number of carbonyl (C=O) groups excluding carboxylic acids is 1. The zero-order valence-corrected chi connectivity index (χ0v) is 14.9. The topological polar surface area (TPSA) is 44.6 Å². The van der Waals surface area contributed by atoms with E-state index in [4.69, 9.17) is 0 Å². The number of carboxylic acids is 1. The Morgan fingerprint density at radius 3 is 1.73 bits per heavy atom. The Bertz CT molecular complexity index is 263. The summed E-state index contributed by atoms with van der Waals surface area (Å²) < 4.78 is 0. The highest BCUT2D eigenvalue weighted by Gasteiger charge is 2.28. The Balaban J connectivity index is 0.000000261. The van der Waals surface area contributed by atoms with Gasteiger partial charge in [-0.25, -0.2) is 0 Å². The Kier molecular flexibility index (Phi) is 10.6. The largest absolute Gasteiger partial charge is 0.550 e. The summed E-state index contributed by atoms with van der Waals surface area (Å²) in [7, 11) is 2.46. The van der Waals surface area contributed by atoms with Gasteiger partial charge in [-0.15, -0.1) is 0 Å². The highest BCUT2D eigenvalue weighted by molar-refractivity contribution is 5.63. The van der Waals surface area contributed by atoms with Crippen LogP contribution in [0.15, 0.2) is 0 Å². The van der Waals surface area contributed by atoms with Crippen molar-refractivity contribution in [2.24, 2.45) is 0 Å². The van der Waals surface area contributed by atoms with E-state index in [0.29, 0.717) is 0 Å². The first kappa shape index (κ1) is 19.5. The summed E-state index contributed by atoms with van der Waals surface area (Å²) in [6.45, 7) is 2.04. The molecule has 2 aliphatic carbocycles. The van der Waals surface area contributed by atoms with E-state index < -0.39 is 5.97 Å². The van der Waals surface area contributed by atoms with Gasteiger partial charge < -0.3 is 14.8 Å². The Hall–Kier alpha value is -0.570. The van der Waals surface area contributed by atoms with E-state index in [-0.39, 0.29) is 6.42 Å². The van der Waals surface area contributed by atoms with Crippen molar-refractivity contribution in [1.82, 2.24) is 0 Å². The predicted octanol–water partition coefficient (Wildman–Crippen LogP) is 2.48. The smallest absolute Gasteiger partial charge is 0.0874 e. The molecule has 0 heterocycles. The quantitative estimate of drug-likeness (QED) is 0.766. The third-order valence-corrected chi connectivity index (χ3v) is 5.48. The van der Waals surface area contributed by atoms with Crippen LogP contribution in [0.4, 0.5) is 0 Å². The number of rotatable bonds is 6. The van der Waals surface area contributed by atoms with Crippen molar-refractivity contribution in [2.75, 3.05) is 7.05 Å². The molecule has 0 spiro atoms. The van der Waals surface area contributed by atoms with Crippen LogP contribution in [0, 0.1) is 0 Å². The molecule has 0 saturated heterocycles. The molecule has 2 fully saturated rings. The summed E-state index contributed by atoms with van der Waals surface area (Å²) in [5.41, 5.74) is 0. The summed E-state index contributed by atoms with van der Waals surface area (Å²) >= 11 is 0. The molecule has 2 rings (SSSR count). The van der Waals surface area contributed by atoms with Crippen LogP contribution >= 0.6 is 0 Å². The van der Waals surface area contributed by atoms with Crippen LogP contribution in [0.1, 0.15) is 96.8 Å². The van der Waals surface area contributed by atoms with Crippen molar-refractivity contribution in [2.45, 2.75) is 109 Å². The average Bonchev–Trinajstić information content (AvgIpc) is 2.56. The number of carbonyl (C=O) groups is 1. The molecule has 0 aromatic carbocycles. The number of carboxylic acid groups (broad SMARTS) is 1. The number of nitrogens with one attached hydrogen (secondary N) is 1. The van der Waals surface area contributed by atoms with Gasteiger partial charge in [0, 0.05) is 5.97 Å². The molecule has 0 aliphatic heterocycles. The maximum absolute atomic E-state index is 9.76.